The van der Waals surface area contributed by atoms with Crippen LogP contribution in [-0.4, -0.2) is 19.3 Å². The number of carbonyl (C=O) groups is 1. The minimum atomic E-state index is -3.79. The number of rotatable bonds is 5. The zero-order valence-electron chi connectivity index (χ0n) is 14.7. The molecule has 0 bridgehead atoms. The maximum atomic E-state index is 12.7. The molecule has 3 rings (SSSR count). The van der Waals surface area contributed by atoms with E-state index < -0.39 is 10.0 Å². The molecule has 3 N–H and O–H groups in total. The summed E-state index contributed by atoms with van der Waals surface area (Å²) in [6.07, 6.45) is 3.06. The van der Waals surface area contributed by atoms with Gasteiger partial charge in [0.1, 0.15) is 0 Å². The normalized spacial score (nSPS) is 10.9. The molecule has 1 aromatic heterocycles. The Bertz CT molecular complexity index is 1150. The Morgan fingerprint density at radius 1 is 1.07 bits per heavy atom. The van der Waals surface area contributed by atoms with Crippen molar-refractivity contribution >= 4 is 15.9 Å². The van der Waals surface area contributed by atoms with Gasteiger partial charge in [-0.15, -0.1) is 0 Å². The van der Waals surface area contributed by atoms with Gasteiger partial charge < -0.3 is 5.32 Å². The van der Waals surface area contributed by atoms with Gasteiger partial charge in [0.2, 0.25) is 10.0 Å². The fraction of sp³-hybridized carbons (Fsp3) is 0.0500. The van der Waals surface area contributed by atoms with Crippen LogP contribution in [-0.2, 0) is 16.6 Å². The molecule has 1 heterocycles. The Labute approximate surface area is 162 Å². The molecule has 0 aliphatic rings. The number of pyridine rings is 1. The second-order valence-corrected chi connectivity index (χ2v) is 7.54. The van der Waals surface area contributed by atoms with E-state index in [1.807, 2.05) is 6.07 Å². The smallest absolute Gasteiger partial charge is 0.252 e. The van der Waals surface area contributed by atoms with Crippen molar-refractivity contribution in [2.45, 2.75) is 11.4 Å². The number of amides is 1. The van der Waals surface area contributed by atoms with Crippen molar-refractivity contribution < 1.29 is 13.2 Å². The molecule has 0 aliphatic carbocycles. The van der Waals surface area contributed by atoms with Crippen LogP contribution < -0.4 is 10.5 Å². The lowest BCUT2D eigenvalue weighted by Crippen LogP contribution is -2.23. The fourth-order valence-electron chi connectivity index (χ4n) is 2.62. The summed E-state index contributed by atoms with van der Waals surface area (Å²) < 4.78 is 22.8. The lowest BCUT2D eigenvalue weighted by atomic mass is 10.0. The number of nitriles is 1. The van der Waals surface area contributed by atoms with Gasteiger partial charge in [-0.05, 0) is 41.5 Å². The Hall–Kier alpha value is -3.54. The molecule has 0 unspecified atom stereocenters. The third-order valence-electron chi connectivity index (χ3n) is 4.10. The number of primary sulfonamides is 1. The number of aromatic nitrogens is 1. The van der Waals surface area contributed by atoms with Crippen LogP contribution in [0.5, 0.6) is 0 Å². The first-order valence-electron chi connectivity index (χ1n) is 8.23. The highest BCUT2D eigenvalue weighted by Crippen LogP contribution is 2.24. The number of benzene rings is 2. The van der Waals surface area contributed by atoms with Gasteiger partial charge in [-0.1, -0.05) is 24.3 Å². The van der Waals surface area contributed by atoms with Gasteiger partial charge in [0.15, 0.2) is 0 Å². The lowest BCUT2D eigenvalue weighted by Gasteiger charge is -2.10. The van der Waals surface area contributed by atoms with Crippen molar-refractivity contribution in [2.75, 3.05) is 0 Å². The van der Waals surface area contributed by atoms with Gasteiger partial charge in [0.25, 0.3) is 5.91 Å². The minimum Gasteiger partial charge on any atom is -0.348 e. The van der Waals surface area contributed by atoms with Gasteiger partial charge in [0.05, 0.1) is 22.1 Å². The predicted molar refractivity (Wildman–Crippen MR) is 103 cm³/mol. The third-order valence-corrected chi connectivity index (χ3v) is 5.02. The monoisotopic (exact) mass is 392 g/mol. The third kappa shape index (κ3) is 4.40. The first kappa shape index (κ1) is 19.2. The van der Waals surface area contributed by atoms with Crippen molar-refractivity contribution in [3.8, 4) is 17.2 Å². The molecule has 1 amide bonds. The van der Waals surface area contributed by atoms with Crippen LogP contribution in [0.25, 0.3) is 11.1 Å². The van der Waals surface area contributed by atoms with Crippen LogP contribution in [0.3, 0.4) is 0 Å². The largest absolute Gasteiger partial charge is 0.348 e. The zero-order chi connectivity index (χ0) is 20.1. The molecular formula is C20H16N4O3S. The summed E-state index contributed by atoms with van der Waals surface area (Å²) in [5, 5.41) is 16.8. The van der Waals surface area contributed by atoms with Gasteiger partial charge in [-0.3, -0.25) is 9.78 Å². The molecule has 0 radical (unpaired) electrons. The summed E-state index contributed by atoms with van der Waals surface area (Å²) in [5.41, 5.74) is 3.03. The van der Waals surface area contributed by atoms with E-state index in [-0.39, 0.29) is 10.8 Å². The molecular weight excluding hydrogens is 376 g/mol. The van der Waals surface area contributed by atoms with Gasteiger partial charge in [-0.25, -0.2) is 13.6 Å². The molecule has 0 saturated heterocycles. The van der Waals surface area contributed by atoms with E-state index in [4.69, 9.17) is 10.4 Å². The highest BCUT2D eigenvalue weighted by atomic mass is 32.2. The average Bonchev–Trinajstić information content (AvgIpc) is 2.72. The van der Waals surface area contributed by atoms with E-state index in [0.29, 0.717) is 28.8 Å². The Kier molecular flexibility index (Phi) is 5.49. The molecule has 8 heteroatoms. The number of nitrogens with one attached hydrogen (secondary N) is 1. The lowest BCUT2D eigenvalue weighted by molar-refractivity contribution is 0.0951. The van der Waals surface area contributed by atoms with Crippen LogP contribution in [0.1, 0.15) is 21.5 Å². The molecule has 28 heavy (non-hydrogen) atoms. The molecule has 7 nitrogen and oxygen atoms in total. The second-order valence-electron chi connectivity index (χ2n) is 5.98. The van der Waals surface area contributed by atoms with Crippen molar-refractivity contribution in [1.29, 1.82) is 5.26 Å². The van der Waals surface area contributed by atoms with Crippen molar-refractivity contribution in [2.24, 2.45) is 5.14 Å². The fourth-order valence-corrected chi connectivity index (χ4v) is 3.14. The van der Waals surface area contributed by atoms with E-state index in [1.165, 1.54) is 18.3 Å². The van der Waals surface area contributed by atoms with E-state index in [0.717, 1.165) is 5.56 Å². The first-order chi connectivity index (χ1) is 13.4. The summed E-state index contributed by atoms with van der Waals surface area (Å²) in [5.74, 6) is -0.294. The Morgan fingerprint density at radius 2 is 1.75 bits per heavy atom. The maximum Gasteiger partial charge on any atom is 0.252 e. The molecule has 0 spiro atoms. The SMILES string of the molecule is N#Cc1ccc(CNC(=O)c2ccncc2-c2ccc(S(N)(=O)=O)cc2)cc1. The molecule has 3 aromatic rings. The highest BCUT2D eigenvalue weighted by Gasteiger charge is 2.14. The number of sulfonamides is 1. The number of nitrogens with zero attached hydrogens (tertiary/aromatic N) is 2. The van der Waals surface area contributed by atoms with Gasteiger partial charge >= 0.3 is 0 Å². The number of carbonyl (C=O) groups excluding carboxylic acids is 1. The van der Waals surface area contributed by atoms with Crippen molar-refractivity contribution in [3.63, 3.8) is 0 Å². The maximum absolute atomic E-state index is 12.7. The van der Waals surface area contributed by atoms with Crippen LogP contribution >= 0.6 is 0 Å². The number of nitrogens with two attached hydrogens (primary N) is 1. The summed E-state index contributed by atoms with van der Waals surface area (Å²) in [7, 11) is -3.79. The van der Waals surface area contributed by atoms with E-state index in [1.54, 1.807) is 48.7 Å². The first-order valence-corrected chi connectivity index (χ1v) is 9.77. The average molecular weight is 392 g/mol. The molecule has 0 atom stereocenters. The highest BCUT2D eigenvalue weighted by molar-refractivity contribution is 7.89. The summed E-state index contributed by atoms with van der Waals surface area (Å²) in [6, 6.07) is 16.5. The number of hydrogen-bond acceptors (Lipinski definition) is 5. The Balaban J connectivity index is 1.81. The minimum absolute atomic E-state index is 0.00745. The zero-order valence-corrected chi connectivity index (χ0v) is 15.5. The quantitative estimate of drug-likeness (QED) is 0.688. The predicted octanol–water partition coefficient (Wildman–Crippen LogP) is 2.20. The van der Waals surface area contributed by atoms with E-state index in [9.17, 15) is 13.2 Å². The van der Waals surface area contributed by atoms with Crippen molar-refractivity contribution in [3.05, 3.63) is 83.7 Å². The molecule has 0 aliphatic heterocycles. The van der Waals surface area contributed by atoms with Gasteiger partial charge in [-0.2, -0.15) is 5.26 Å². The van der Waals surface area contributed by atoms with Crippen LogP contribution in [0, 0.1) is 11.3 Å². The van der Waals surface area contributed by atoms with Crippen molar-refractivity contribution in [1.82, 2.24) is 10.3 Å². The van der Waals surface area contributed by atoms with Crippen LogP contribution in [0.4, 0.5) is 0 Å². The molecule has 140 valence electrons. The summed E-state index contributed by atoms with van der Waals surface area (Å²) in [6.45, 7) is 0.302. The summed E-state index contributed by atoms with van der Waals surface area (Å²) in [4.78, 5) is 16.7. The number of hydrogen-bond donors (Lipinski definition) is 2. The standard InChI is InChI=1S/C20H16N4O3S/c21-11-14-1-3-15(4-2-14)12-24-20(25)18-9-10-23-13-19(18)16-5-7-17(8-6-16)28(22,26)27/h1-10,13H,12H2,(H,24,25)(H2,22,26,27). The topological polar surface area (TPSA) is 126 Å². The Morgan fingerprint density at radius 3 is 2.36 bits per heavy atom. The molecule has 0 fully saturated rings. The van der Waals surface area contributed by atoms with Crippen LogP contribution in [0.2, 0.25) is 0 Å². The second kappa shape index (κ2) is 8.00. The van der Waals surface area contributed by atoms with E-state index in [2.05, 4.69) is 10.3 Å². The molecule has 2 aromatic carbocycles. The van der Waals surface area contributed by atoms with E-state index >= 15 is 0 Å². The molecule has 0 saturated carbocycles. The van der Waals surface area contributed by atoms with Gasteiger partial charge in [0, 0.05) is 24.5 Å². The summed E-state index contributed by atoms with van der Waals surface area (Å²) >= 11 is 0. The van der Waals surface area contributed by atoms with Crippen LogP contribution in [0.15, 0.2) is 71.9 Å².